The van der Waals surface area contributed by atoms with Crippen molar-refractivity contribution >= 4 is 29.4 Å². The predicted molar refractivity (Wildman–Crippen MR) is 104 cm³/mol. The van der Waals surface area contributed by atoms with Crippen molar-refractivity contribution < 1.29 is 19.1 Å². The van der Waals surface area contributed by atoms with Gasteiger partial charge in [-0.05, 0) is 61.1 Å². The van der Waals surface area contributed by atoms with Crippen LogP contribution in [0.5, 0.6) is 5.75 Å². The molecule has 0 saturated heterocycles. The highest BCUT2D eigenvalue weighted by atomic mass is 35.5. The van der Waals surface area contributed by atoms with E-state index in [2.05, 4.69) is 23.1 Å². The third-order valence-corrected chi connectivity index (χ3v) is 4.83. The summed E-state index contributed by atoms with van der Waals surface area (Å²) in [6, 6.07) is 9.27. The Bertz CT molecular complexity index is 930. The first-order valence-electron chi connectivity index (χ1n) is 8.84. The number of rotatable bonds is 4. The molecule has 0 fully saturated rings. The average Bonchev–Trinajstić information content (AvgIpc) is 3.17. The van der Waals surface area contributed by atoms with Crippen LogP contribution in [0.2, 0.25) is 5.02 Å². The molecule has 146 valence electrons. The summed E-state index contributed by atoms with van der Waals surface area (Å²) in [5.41, 5.74) is 8.11. The number of carbonyl (C=O) groups excluding carboxylic acids is 3. The van der Waals surface area contributed by atoms with Gasteiger partial charge in [-0.25, -0.2) is 10.2 Å². The van der Waals surface area contributed by atoms with Crippen LogP contribution in [0, 0.1) is 6.92 Å². The van der Waals surface area contributed by atoms with Gasteiger partial charge in [0.05, 0.1) is 10.6 Å². The van der Waals surface area contributed by atoms with Gasteiger partial charge in [-0.15, -0.1) is 0 Å². The lowest BCUT2D eigenvalue weighted by Gasteiger charge is -2.13. The van der Waals surface area contributed by atoms with E-state index in [0.717, 1.165) is 24.8 Å². The molecular weight excluding hydrogens is 382 g/mol. The second kappa shape index (κ2) is 8.75. The molecule has 8 heteroatoms. The SMILES string of the molecule is Cc1ccc(OCC(=O)NNC(=O)NC(=O)c2ccccc2Cl)c2c1CCC2. The summed E-state index contributed by atoms with van der Waals surface area (Å²) in [4.78, 5) is 35.7. The largest absolute Gasteiger partial charge is 0.483 e. The molecule has 0 aromatic heterocycles. The van der Waals surface area contributed by atoms with Gasteiger partial charge in [0, 0.05) is 0 Å². The van der Waals surface area contributed by atoms with Crippen molar-refractivity contribution in [3.63, 3.8) is 0 Å². The Kier molecular flexibility index (Phi) is 6.16. The molecule has 0 spiro atoms. The maximum absolute atomic E-state index is 12.0. The molecule has 0 heterocycles. The quantitative estimate of drug-likeness (QED) is 0.686. The lowest BCUT2D eigenvalue weighted by atomic mass is 10.0. The molecule has 2 aromatic rings. The highest BCUT2D eigenvalue weighted by Crippen LogP contribution is 2.32. The molecule has 0 bridgehead atoms. The zero-order chi connectivity index (χ0) is 20.1. The number of halogens is 1. The van der Waals surface area contributed by atoms with Crippen LogP contribution in [-0.2, 0) is 17.6 Å². The normalized spacial score (nSPS) is 12.1. The molecule has 4 amide bonds. The summed E-state index contributed by atoms with van der Waals surface area (Å²) in [7, 11) is 0. The molecule has 0 unspecified atom stereocenters. The number of carbonyl (C=O) groups is 3. The first kappa shape index (κ1) is 19.7. The summed E-state index contributed by atoms with van der Waals surface area (Å²) < 4.78 is 5.60. The maximum atomic E-state index is 12.0. The van der Waals surface area contributed by atoms with Crippen LogP contribution >= 0.6 is 11.6 Å². The molecule has 1 aliphatic rings. The van der Waals surface area contributed by atoms with Gasteiger partial charge in [-0.3, -0.25) is 20.3 Å². The molecule has 28 heavy (non-hydrogen) atoms. The number of hydrogen-bond acceptors (Lipinski definition) is 4. The minimum atomic E-state index is -0.880. The Morgan fingerprint density at radius 3 is 2.57 bits per heavy atom. The van der Waals surface area contributed by atoms with Gasteiger partial charge in [0.2, 0.25) is 0 Å². The molecule has 0 aliphatic heterocycles. The van der Waals surface area contributed by atoms with E-state index in [1.165, 1.54) is 23.3 Å². The van der Waals surface area contributed by atoms with E-state index in [1.54, 1.807) is 12.1 Å². The fraction of sp³-hybridized carbons (Fsp3) is 0.250. The van der Waals surface area contributed by atoms with Gasteiger partial charge in [-0.2, -0.15) is 0 Å². The summed E-state index contributed by atoms with van der Waals surface area (Å²) in [5.74, 6) is -0.539. The van der Waals surface area contributed by atoms with Crippen molar-refractivity contribution in [3.8, 4) is 5.75 Å². The van der Waals surface area contributed by atoms with Crippen LogP contribution < -0.4 is 20.9 Å². The molecule has 0 radical (unpaired) electrons. The van der Waals surface area contributed by atoms with Crippen LogP contribution in [-0.4, -0.2) is 24.5 Å². The number of nitrogens with one attached hydrogen (secondary N) is 3. The molecule has 7 nitrogen and oxygen atoms in total. The Labute approximate surface area is 167 Å². The van der Waals surface area contributed by atoms with E-state index in [4.69, 9.17) is 16.3 Å². The maximum Gasteiger partial charge on any atom is 0.340 e. The molecule has 1 aliphatic carbocycles. The van der Waals surface area contributed by atoms with Crippen LogP contribution in [0.1, 0.15) is 33.5 Å². The standard InChI is InChI=1S/C20H20ClN3O4/c1-12-9-10-17(14-7-4-6-13(12)14)28-11-18(25)23-24-20(27)22-19(26)15-5-2-3-8-16(15)21/h2-3,5,8-10H,4,6-7,11H2,1H3,(H,23,25)(H2,22,24,26,27). The Hall–Kier alpha value is -3.06. The number of hydrazine groups is 1. The number of urea groups is 1. The zero-order valence-corrected chi connectivity index (χ0v) is 16.1. The van der Waals surface area contributed by atoms with Gasteiger partial charge >= 0.3 is 6.03 Å². The number of amides is 4. The lowest BCUT2D eigenvalue weighted by molar-refractivity contribution is -0.123. The first-order valence-corrected chi connectivity index (χ1v) is 9.22. The van der Waals surface area contributed by atoms with Gasteiger partial charge < -0.3 is 4.74 Å². The van der Waals surface area contributed by atoms with Gasteiger partial charge in [0.15, 0.2) is 6.61 Å². The van der Waals surface area contributed by atoms with Gasteiger partial charge in [0.1, 0.15) is 5.75 Å². The van der Waals surface area contributed by atoms with Crippen LogP contribution in [0.25, 0.3) is 0 Å². The monoisotopic (exact) mass is 401 g/mol. The number of aryl methyl sites for hydroxylation is 1. The van der Waals surface area contributed by atoms with E-state index in [0.29, 0.717) is 5.75 Å². The highest BCUT2D eigenvalue weighted by molar-refractivity contribution is 6.34. The number of ether oxygens (including phenoxy) is 1. The summed E-state index contributed by atoms with van der Waals surface area (Å²) >= 11 is 5.90. The smallest absolute Gasteiger partial charge is 0.340 e. The van der Waals surface area contributed by atoms with Crippen LogP contribution in [0.4, 0.5) is 4.79 Å². The summed E-state index contributed by atoms with van der Waals surface area (Å²) in [6.45, 7) is 1.81. The molecule has 3 N–H and O–H groups in total. The molecule has 0 saturated carbocycles. The van der Waals surface area contributed by atoms with Crippen molar-refractivity contribution in [1.82, 2.24) is 16.2 Å². The van der Waals surface area contributed by atoms with Gasteiger partial charge in [0.25, 0.3) is 11.8 Å². The van der Waals surface area contributed by atoms with E-state index >= 15 is 0 Å². The topological polar surface area (TPSA) is 96.5 Å². The van der Waals surface area contributed by atoms with Crippen molar-refractivity contribution in [1.29, 1.82) is 0 Å². The van der Waals surface area contributed by atoms with Crippen LogP contribution in [0.15, 0.2) is 36.4 Å². The third kappa shape index (κ3) is 4.61. The first-order chi connectivity index (χ1) is 13.5. The number of benzene rings is 2. The molecule has 3 rings (SSSR count). The minimum Gasteiger partial charge on any atom is -0.483 e. The Morgan fingerprint density at radius 2 is 1.79 bits per heavy atom. The summed E-state index contributed by atoms with van der Waals surface area (Å²) in [6.07, 6.45) is 3.02. The van der Waals surface area contributed by atoms with Crippen LogP contribution in [0.3, 0.4) is 0 Å². The second-order valence-electron chi connectivity index (χ2n) is 6.42. The Morgan fingerprint density at radius 1 is 1.04 bits per heavy atom. The summed E-state index contributed by atoms with van der Waals surface area (Å²) in [5, 5.41) is 2.30. The highest BCUT2D eigenvalue weighted by Gasteiger charge is 2.18. The van der Waals surface area contributed by atoms with Crippen molar-refractivity contribution in [2.45, 2.75) is 26.2 Å². The van der Waals surface area contributed by atoms with E-state index in [1.807, 2.05) is 12.1 Å². The number of imide groups is 1. The fourth-order valence-electron chi connectivity index (χ4n) is 3.14. The average molecular weight is 402 g/mol. The molecule has 2 aromatic carbocycles. The van der Waals surface area contributed by atoms with E-state index in [-0.39, 0.29) is 17.2 Å². The lowest BCUT2D eigenvalue weighted by Crippen LogP contribution is -2.49. The minimum absolute atomic E-state index is 0.155. The van der Waals surface area contributed by atoms with Gasteiger partial charge in [-0.1, -0.05) is 29.8 Å². The van der Waals surface area contributed by atoms with Crippen molar-refractivity contribution in [2.24, 2.45) is 0 Å². The third-order valence-electron chi connectivity index (χ3n) is 4.50. The van der Waals surface area contributed by atoms with E-state index < -0.39 is 17.8 Å². The number of fused-ring (bicyclic) bond motifs is 1. The van der Waals surface area contributed by atoms with E-state index in [9.17, 15) is 14.4 Å². The van der Waals surface area contributed by atoms with Crippen molar-refractivity contribution in [2.75, 3.05) is 6.61 Å². The molecular formula is C20H20ClN3O4. The Balaban J connectivity index is 1.46. The molecule has 0 atom stereocenters. The number of hydrogen-bond donors (Lipinski definition) is 3. The second-order valence-corrected chi connectivity index (χ2v) is 6.82. The predicted octanol–water partition coefficient (Wildman–Crippen LogP) is 2.69. The van der Waals surface area contributed by atoms with Crippen molar-refractivity contribution in [3.05, 3.63) is 63.7 Å². The zero-order valence-electron chi connectivity index (χ0n) is 15.3. The fourth-order valence-corrected chi connectivity index (χ4v) is 3.36.